The summed E-state index contributed by atoms with van der Waals surface area (Å²) in [7, 11) is 0. The van der Waals surface area contributed by atoms with E-state index in [4.69, 9.17) is 9.47 Å². The second kappa shape index (κ2) is 10.3. The second-order valence-corrected chi connectivity index (χ2v) is 5.25. The van der Waals surface area contributed by atoms with Crippen LogP contribution in [0.5, 0.6) is 0 Å². The number of hydrogen-bond acceptors (Lipinski definition) is 5. The molecule has 1 rings (SSSR count). The third-order valence-electron chi connectivity index (χ3n) is 3.44. The molecule has 0 bridgehead atoms. The Labute approximate surface area is 121 Å². The molecule has 0 aromatic rings. The summed E-state index contributed by atoms with van der Waals surface area (Å²) in [6.07, 6.45) is 6.06. The highest BCUT2D eigenvalue weighted by molar-refractivity contribution is 4.86. The molecular weight excluding hydrogens is 260 g/mol. The van der Waals surface area contributed by atoms with Crippen molar-refractivity contribution in [1.29, 1.82) is 0 Å². The van der Waals surface area contributed by atoms with Gasteiger partial charge in [-0.2, -0.15) is 0 Å². The molecule has 20 heavy (non-hydrogen) atoms. The lowest BCUT2D eigenvalue weighted by Gasteiger charge is -2.35. The van der Waals surface area contributed by atoms with Crippen LogP contribution in [-0.4, -0.2) is 59.6 Å². The predicted molar refractivity (Wildman–Crippen MR) is 76.5 cm³/mol. The first kappa shape index (κ1) is 17.6. The van der Waals surface area contributed by atoms with Gasteiger partial charge in [0.1, 0.15) is 24.4 Å². The number of aliphatic hydroxyl groups is 3. The molecule has 0 aromatic carbocycles. The Hall–Kier alpha value is -0.460. The summed E-state index contributed by atoms with van der Waals surface area (Å²) < 4.78 is 10.7. The van der Waals surface area contributed by atoms with E-state index in [1.165, 1.54) is 12.8 Å². The first-order valence-electron chi connectivity index (χ1n) is 7.55. The quantitative estimate of drug-likeness (QED) is 0.436. The van der Waals surface area contributed by atoms with Gasteiger partial charge in [-0.3, -0.25) is 0 Å². The maximum absolute atomic E-state index is 9.70. The van der Waals surface area contributed by atoms with Crippen LogP contribution < -0.4 is 0 Å². The lowest BCUT2D eigenvalue weighted by Crippen LogP contribution is -2.54. The fourth-order valence-corrected chi connectivity index (χ4v) is 2.07. The molecule has 5 heteroatoms. The van der Waals surface area contributed by atoms with Crippen molar-refractivity contribution in [3.63, 3.8) is 0 Å². The zero-order chi connectivity index (χ0) is 14.8. The number of allylic oxidation sites excluding steroid dienone is 2. The highest BCUT2D eigenvalue weighted by Gasteiger charge is 2.37. The molecule has 0 spiro atoms. The van der Waals surface area contributed by atoms with Gasteiger partial charge in [-0.05, 0) is 19.3 Å². The third-order valence-corrected chi connectivity index (χ3v) is 3.44. The van der Waals surface area contributed by atoms with Crippen LogP contribution in [0, 0.1) is 0 Å². The largest absolute Gasteiger partial charge is 0.388 e. The summed E-state index contributed by atoms with van der Waals surface area (Å²) >= 11 is 0. The van der Waals surface area contributed by atoms with E-state index in [1.807, 2.05) is 0 Å². The first-order chi connectivity index (χ1) is 9.66. The van der Waals surface area contributed by atoms with E-state index in [0.717, 1.165) is 19.3 Å². The van der Waals surface area contributed by atoms with Crippen molar-refractivity contribution in [2.24, 2.45) is 0 Å². The highest BCUT2D eigenvalue weighted by atomic mass is 16.6. The zero-order valence-corrected chi connectivity index (χ0v) is 12.3. The smallest absolute Gasteiger partial charge is 0.111 e. The van der Waals surface area contributed by atoms with Crippen LogP contribution in [0.3, 0.4) is 0 Å². The van der Waals surface area contributed by atoms with Gasteiger partial charge in [-0.25, -0.2) is 0 Å². The zero-order valence-electron chi connectivity index (χ0n) is 12.3. The maximum atomic E-state index is 9.70. The minimum atomic E-state index is -1.15. The highest BCUT2D eigenvalue weighted by Crippen LogP contribution is 2.15. The number of hydrogen-bond donors (Lipinski definition) is 3. The number of ether oxygens (including phenoxy) is 2. The minimum Gasteiger partial charge on any atom is -0.388 e. The maximum Gasteiger partial charge on any atom is 0.111 e. The lowest BCUT2D eigenvalue weighted by atomic mass is 10.0. The SMILES string of the molecule is CCCC/C=C/CCCOC[C@@H]1OC[C@@H](O)[C@H](O)[C@H]1O. The average molecular weight is 288 g/mol. The van der Waals surface area contributed by atoms with Crippen LogP contribution in [0.4, 0.5) is 0 Å². The molecule has 0 amide bonds. The molecule has 1 aliphatic rings. The number of rotatable bonds is 9. The van der Waals surface area contributed by atoms with Crippen molar-refractivity contribution in [2.75, 3.05) is 19.8 Å². The molecule has 4 atom stereocenters. The lowest BCUT2D eigenvalue weighted by molar-refractivity contribution is -0.199. The summed E-state index contributed by atoms with van der Waals surface area (Å²) in [6.45, 7) is 3.06. The molecule has 3 N–H and O–H groups in total. The Morgan fingerprint density at radius 3 is 2.50 bits per heavy atom. The molecule has 1 saturated heterocycles. The van der Waals surface area contributed by atoms with Gasteiger partial charge in [-0.15, -0.1) is 0 Å². The van der Waals surface area contributed by atoms with Gasteiger partial charge in [0.25, 0.3) is 0 Å². The van der Waals surface area contributed by atoms with Crippen molar-refractivity contribution < 1.29 is 24.8 Å². The third kappa shape index (κ3) is 6.33. The van der Waals surface area contributed by atoms with Gasteiger partial charge in [0.15, 0.2) is 0 Å². The normalized spacial score (nSPS) is 31.0. The molecule has 1 heterocycles. The van der Waals surface area contributed by atoms with Gasteiger partial charge in [0, 0.05) is 6.61 Å². The van der Waals surface area contributed by atoms with E-state index in [1.54, 1.807) is 0 Å². The molecule has 118 valence electrons. The fraction of sp³-hybridized carbons (Fsp3) is 0.867. The van der Waals surface area contributed by atoms with Crippen LogP contribution >= 0.6 is 0 Å². The summed E-state index contributed by atoms with van der Waals surface area (Å²) in [5.74, 6) is 0. The summed E-state index contributed by atoms with van der Waals surface area (Å²) in [4.78, 5) is 0. The van der Waals surface area contributed by atoms with E-state index in [0.29, 0.717) is 6.61 Å². The Balaban J connectivity index is 2.02. The molecule has 0 radical (unpaired) electrons. The van der Waals surface area contributed by atoms with Crippen molar-refractivity contribution in [3.05, 3.63) is 12.2 Å². The van der Waals surface area contributed by atoms with Crippen LogP contribution in [0.15, 0.2) is 12.2 Å². The Morgan fingerprint density at radius 1 is 1.10 bits per heavy atom. The van der Waals surface area contributed by atoms with Gasteiger partial charge >= 0.3 is 0 Å². The number of unbranched alkanes of at least 4 members (excludes halogenated alkanes) is 3. The van der Waals surface area contributed by atoms with Crippen LogP contribution in [0.1, 0.15) is 39.0 Å². The Bertz CT molecular complexity index is 269. The Kier molecular flexibility index (Phi) is 9.05. The van der Waals surface area contributed by atoms with E-state index in [-0.39, 0.29) is 13.2 Å². The number of aliphatic hydroxyl groups excluding tert-OH is 3. The van der Waals surface area contributed by atoms with Crippen molar-refractivity contribution in [3.8, 4) is 0 Å². The molecule has 1 fully saturated rings. The minimum absolute atomic E-state index is 0.0341. The first-order valence-corrected chi connectivity index (χ1v) is 7.55. The van der Waals surface area contributed by atoms with Gasteiger partial charge in [0.05, 0.1) is 13.2 Å². The van der Waals surface area contributed by atoms with Crippen LogP contribution in [-0.2, 0) is 9.47 Å². The standard InChI is InChI=1S/C15H28O5/c1-2-3-4-5-6-7-8-9-19-11-13-15(18)14(17)12(16)10-20-13/h5-6,12-18H,2-4,7-11H2,1H3/b6-5+/t12-,13+,14+,15+/m1/s1. The predicted octanol–water partition coefficient (Wildman–Crippen LogP) is 1.01. The molecular formula is C15H28O5. The van der Waals surface area contributed by atoms with Crippen molar-refractivity contribution in [2.45, 2.75) is 63.4 Å². The molecule has 0 aromatic heterocycles. The van der Waals surface area contributed by atoms with Crippen molar-refractivity contribution in [1.82, 2.24) is 0 Å². The van der Waals surface area contributed by atoms with E-state index in [9.17, 15) is 15.3 Å². The molecule has 0 saturated carbocycles. The Morgan fingerprint density at radius 2 is 1.80 bits per heavy atom. The van der Waals surface area contributed by atoms with Crippen molar-refractivity contribution >= 4 is 0 Å². The fourth-order valence-electron chi connectivity index (χ4n) is 2.07. The molecule has 1 aliphatic heterocycles. The molecule has 0 unspecified atom stereocenters. The monoisotopic (exact) mass is 288 g/mol. The average Bonchev–Trinajstić information content (AvgIpc) is 2.45. The molecule has 0 aliphatic carbocycles. The second-order valence-electron chi connectivity index (χ2n) is 5.25. The summed E-state index contributed by atoms with van der Waals surface area (Å²) in [6, 6.07) is 0. The van der Waals surface area contributed by atoms with E-state index < -0.39 is 24.4 Å². The van der Waals surface area contributed by atoms with Gasteiger partial charge < -0.3 is 24.8 Å². The summed E-state index contributed by atoms with van der Waals surface area (Å²) in [5.41, 5.74) is 0. The van der Waals surface area contributed by atoms with E-state index in [2.05, 4.69) is 19.1 Å². The van der Waals surface area contributed by atoms with Crippen LogP contribution in [0.2, 0.25) is 0 Å². The van der Waals surface area contributed by atoms with Gasteiger partial charge in [0.2, 0.25) is 0 Å². The molecule has 5 nitrogen and oxygen atoms in total. The summed E-state index contributed by atoms with van der Waals surface area (Å²) in [5, 5.41) is 28.5. The topological polar surface area (TPSA) is 79.2 Å². The van der Waals surface area contributed by atoms with Crippen LogP contribution in [0.25, 0.3) is 0 Å². The van der Waals surface area contributed by atoms with E-state index >= 15 is 0 Å². The van der Waals surface area contributed by atoms with Gasteiger partial charge in [-0.1, -0.05) is 31.9 Å².